The van der Waals surface area contributed by atoms with E-state index < -0.39 is 0 Å². The fourth-order valence-electron chi connectivity index (χ4n) is 1.58. The largest absolute Gasteiger partial charge is 0.361 e. The molecule has 2 heteroatoms. The minimum Gasteiger partial charge on any atom is -0.361 e. The second-order valence-electron chi connectivity index (χ2n) is 2.84. The van der Waals surface area contributed by atoms with Crippen molar-refractivity contribution in [2.75, 3.05) is 0 Å². The molecule has 0 spiro atoms. The second-order valence-corrected chi connectivity index (χ2v) is 3.79. The van der Waals surface area contributed by atoms with E-state index in [9.17, 15) is 0 Å². The molecule has 0 amide bonds. The summed E-state index contributed by atoms with van der Waals surface area (Å²) in [6.45, 7) is 0. The third kappa shape index (κ3) is 0.676. The number of hydrogen-bond acceptors (Lipinski definition) is 1. The number of benzene rings is 1. The molecule has 1 N–H and O–H groups in total. The normalized spacial score (nSPS) is 11.3. The molecule has 0 aliphatic rings. The van der Waals surface area contributed by atoms with Crippen LogP contribution in [0.15, 0.2) is 35.8 Å². The zero-order chi connectivity index (χ0) is 7.97. The van der Waals surface area contributed by atoms with Gasteiger partial charge in [0.2, 0.25) is 0 Å². The Labute approximate surface area is 73.6 Å². The van der Waals surface area contributed by atoms with Crippen LogP contribution in [0.4, 0.5) is 0 Å². The Balaban J connectivity index is 2.71. The van der Waals surface area contributed by atoms with Crippen LogP contribution in [0.2, 0.25) is 0 Å². The van der Waals surface area contributed by atoms with Crippen LogP contribution in [0.3, 0.4) is 0 Å². The molecule has 12 heavy (non-hydrogen) atoms. The first-order chi connectivity index (χ1) is 5.95. The summed E-state index contributed by atoms with van der Waals surface area (Å²) in [5.41, 5.74) is 1.26. The molecule has 58 valence electrons. The number of H-pyrrole nitrogens is 1. The first kappa shape index (κ1) is 6.26. The summed E-state index contributed by atoms with van der Waals surface area (Å²) in [5.74, 6) is 0. The molecule has 3 rings (SSSR count). The number of aromatic nitrogens is 1. The highest BCUT2D eigenvalue weighted by atomic mass is 32.1. The molecule has 0 saturated heterocycles. The molecular weight excluding hydrogens is 166 g/mol. The first-order valence-electron chi connectivity index (χ1n) is 3.88. The van der Waals surface area contributed by atoms with E-state index in [-0.39, 0.29) is 0 Å². The van der Waals surface area contributed by atoms with Crippen LogP contribution in [-0.2, 0) is 0 Å². The quantitative estimate of drug-likeness (QED) is 0.536. The van der Waals surface area contributed by atoms with Crippen LogP contribution in [0.1, 0.15) is 0 Å². The van der Waals surface area contributed by atoms with Crippen molar-refractivity contribution in [3.8, 4) is 0 Å². The summed E-state index contributed by atoms with van der Waals surface area (Å²) in [4.78, 5) is 3.26. The smallest absolute Gasteiger partial charge is 0.0542 e. The molecule has 0 bridgehead atoms. The molecule has 2 heterocycles. The van der Waals surface area contributed by atoms with Gasteiger partial charge < -0.3 is 4.98 Å². The topological polar surface area (TPSA) is 15.8 Å². The van der Waals surface area contributed by atoms with Crippen LogP contribution >= 0.6 is 11.3 Å². The zero-order valence-electron chi connectivity index (χ0n) is 6.37. The van der Waals surface area contributed by atoms with E-state index in [2.05, 4.69) is 34.6 Å². The number of aromatic amines is 1. The van der Waals surface area contributed by atoms with Gasteiger partial charge in [0.05, 0.1) is 5.52 Å². The van der Waals surface area contributed by atoms with Gasteiger partial charge in [0.15, 0.2) is 0 Å². The molecule has 0 atom stereocenters. The Morgan fingerprint density at radius 1 is 1.08 bits per heavy atom. The summed E-state index contributed by atoms with van der Waals surface area (Å²) in [6, 6.07) is 8.60. The lowest BCUT2D eigenvalue weighted by atomic mass is 10.2. The third-order valence-electron chi connectivity index (χ3n) is 2.16. The lowest BCUT2D eigenvalue weighted by Gasteiger charge is -1.91. The molecule has 3 aromatic rings. The van der Waals surface area contributed by atoms with Gasteiger partial charge in [0, 0.05) is 21.7 Å². The number of hydrogen-bond donors (Lipinski definition) is 1. The van der Waals surface area contributed by atoms with Crippen LogP contribution in [0, 0.1) is 0 Å². The Hall–Kier alpha value is -1.28. The lowest BCUT2D eigenvalue weighted by Crippen LogP contribution is -1.67. The van der Waals surface area contributed by atoms with Gasteiger partial charge in [-0.2, -0.15) is 0 Å². The van der Waals surface area contributed by atoms with Gasteiger partial charge in [-0.25, -0.2) is 0 Å². The van der Waals surface area contributed by atoms with Gasteiger partial charge in [-0.3, -0.25) is 0 Å². The summed E-state index contributed by atoms with van der Waals surface area (Å²) in [7, 11) is 0. The molecule has 1 nitrogen and oxygen atoms in total. The first-order valence-corrected chi connectivity index (χ1v) is 4.76. The SMILES string of the molecule is c1cc2ccc3sccc3c2[nH]1. The Bertz CT molecular complexity index is 483. The maximum absolute atomic E-state index is 3.26. The molecule has 1 aromatic carbocycles. The average Bonchev–Trinajstić information content (AvgIpc) is 2.71. The van der Waals surface area contributed by atoms with Crippen LogP contribution in [0.25, 0.3) is 21.0 Å². The molecule has 0 unspecified atom stereocenters. The standard InChI is InChI=1S/C10H7NS/c1-2-9-8(4-6-12-9)10-7(1)3-5-11-10/h1-6,11H. The minimum absolute atomic E-state index is 1.26. The third-order valence-corrected chi connectivity index (χ3v) is 3.04. The van der Waals surface area contributed by atoms with E-state index in [1.54, 1.807) is 11.3 Å². The van der Waals surface area contributed by atoms with Crippen LogP contribution < -0.4 is 0 Å². The molecule has 0 aliphatic heterocycles. The fraction of sp³-hybridized carbons (Fsp3) is 0. The van der Waals surface area contributed by atoms with Gasteiger partial charge in [0.25, 0.3) is 0 Å². The van der Waals surface area contributed by atoms with E-state index in [4.69, 9.17) is 0 Å². The van der Waals surface area contributed by atoms with Crippen molar-refractivity contribution in [3.63, 3.8) is 0 Å². The Morgan fingerprint density at radius 2 is 2.08 bits per heavy atom. The zero-order valence-corrected chi connectivity index (χ0v) is 7.19. The highest BCUT2D eigenvalue weighted by Gasteiger charge is 2.00. The van der Waals surface area contributed by atoms with Crippen molar-refractivity contribution in [3.05, 3.63) is 35.8 Å². The highest BCUT2D eigenvalue weighted by Crippen LogP contribution is 2.27. The molecule has 0 saturated carbocycles. The number of nitrogens with one attached hydrogen (secondary N) is 1. The lowest BCUT2D eigenvalue weighted by molar-refractivity contribution is 1.49. The minimum atomic E-state index is 1.26. The predicted octanol–water partition coefficient (Wildman–Crippen LogP) is 3.38. The monoisotopic (exact) mass is 173 g/mol. The number of rotatable bonds is 0. The predicted molar refractivity (Wildman–Crippen MR) is 53.7 cm³/mol. The maximum atomic E-state index is 3.26. The van der Waals surface area contributed by atoms with Gasteiger partial charge in [-0.15, -0.1) is 11.3 Å². The maximum Gasteiger partial charge on any atom is 0.0542 e. The van der Waals surface area contributed by atoms with E-state index in [1.807, 2.05) is 6.20 Å². The van der Waals surface area contributed by atoms with Crippen LogP contribution in [0.5, 0.6) is 0 Å². The summed E-state index contributed by atoms with van der Waals surface area (Å²) in [5, 5.41) is 4.76. The van der Waals surface area contributed by atoms with E-state index >= 15 is 0 Å². The summed E-state index contributed by atoms with van der Waals surface area (Å²) < 4.78 is 1.35. The number of thiophene rings is 1. The average molecular weight is 173 g/mol. The van der Waals surface area contributed by atoms with E-state index in [0.717, 1.165) is 0 Å². The highest BCUT2D eigenvalue weighted by molar-refractivity contribution is 7.17. The fourth-order valence-corrected chi connectivity index (χ4v) is 2.37. The summed E-state index contributed by atoms with van der Waals surface area (Å²) >= 11 is 1.79. The van der Waals surface area contributed by atoms with Crippen molar-refractivity contribution < 1.29 is 0 Å². The van der Waals surface area contributed by atoms with Gasteiger partial charge in [0.1, 0.15) is 0 Å². The Morgan fingerprint density at radius 3 is 3.08 bits per heavy atom. The second kappa shape index (κ2) is 2.11. The number of fused-ring (bicyclic) bond motifs is 3. The van der Waals surface area contributed by atoms with E-state index in [1.165, 1.54) is 21.0 Å². The van der Waals surface area contributed by atoms with E-state index in [0.29, 0.717) is 0 Å². The molecule has 0 aliphatic carbocycles. The van der Waals surface area contributed by atoms with Gasteiger partial charge in [-0.1, -0.05) is 6.07 Å². The summed E-state index contributed by atoms with van der Waals surface area (Å²) in [6.07, 6.45) is 1.99. The van der Waals surface area contributed by atoms with Crippen molar-refractivity contribution in [2.24, 2.45) is 0 Å². The van der Waals surface area contributed by atoms with Crippen molar-refractivity contribution in [1.82, 2.24) is 4.98 Å². The van der Waals surface area contributed by atoms with Crippen molar-refractivity contribution in [2.45, 2.75) is 0 Å². The van der Waals surface area contributed by atoms with Gasteiger partial charge >= 0.3 is 0 Å². The molecule has 0 fully saturated rings. The van der Waals surface area contributed by atoms with Crippen LogP contribution in [-0.4, -0.2) is 4.98 Å². The molecule has 2 aromatic heterocycles. The van der Waals surface area contributed by atoms with Crippen molar-refractivity contribution >= 4 is 32.3 Å². The Kier molecular flexibility index (Phi) is 1.10. The molecule has 0 radical (unpaired) electrons. The van der Waals surface area contributed by atoms with Gasteiger partial charge in [-0.05, 0) is 23.6 Å². The molecular formula is C10H7NS. The van der Waals surface area contributed by atoms with Crippen molar-refractivity contribution in [1.29, 1.82) is 0 Å².